The number of carbonyl (C=O) groups is 1. The Morgan fingerprint density at radius 2 is 1.78 bits per heavy atom. The van der Waals surface area contributed by atoms with Gasteiger partial charge in [-0.15, -0.1) is 0 Å². The molecule has 0 unspecified atom stereocenters. The van der Waals surface area contributed by atoms with E-state index >= 15 is 0 Å². The third kappa shape index (κ3) is 4.19. The molecule has 0 saturated carbocycles. The Kier molecular flexibility index (Phi) is 5.68. The summed E-state index contributed by atoms with van der Waals surface area (Å²) < 4.78 is 67.9. The molecule has 1 fully saturated rings. The van der Waals surface area contributed by atoms with Gasteiger partial charge >= 0.3 is 6.18 Å². The molecule has 1 amide bonds. The summed E-state index contributed by atoms with van der Waals surface area (Å²) in [4.78, 5) is 18.1. The first-order valence-electron chi connectivity index (χ1n) is 9.58. The summed E-state index contributed by atoms with van der Waals surface area (Å²) in [6.07, 6.45) is -1.38. The van der Waals surface area contributed by atoms with E-state index in [0.29, 0.717) is 11.7 Å². The maximum atomic E-state index is 13.1. The number of halogens is 4. The average molecular weight is 487 g/mol. The van der Waals surface area contributed by atoms with Crippen LogP contribution in [0.15, 0.2) is 47.6 Å². The number of amides is 1. The summed E-state index contributed by atoms with van der Waals surface area (Å²) in [6, 6.07) is 6.22. The van der Waals surface area contributed by atoms with Gasteiger partial charge in [0.25, 0.3) is 5.91 Å². The molecule has 1 aromatic carbocycles. The van der Waals surface area contributed by atoms with Crippen LogP contribution in [0.2, 0.25) is 5.02 Å². The van der Waals surface area contributed by atoms with Crippen LogP contribution in [0.25, 0.3) is 5.65 Å². The first-order chi connectivity index (χ1) is 15.0. The highest BCUT2D eigenvalue weighted by Crippen LogP contribution is 2.36. The molecule has 4 rings (SSSR count). The van der Waals surface area contributed by atoms with Crippen molar-refractivity contribution in [1.29, 1.82) is 0 Å². The van der Waals surface area contributed by atoms with Crippen LogP contribution >= 0.6 is 11.6 Å². The van der Waals surface area contributed by atoms with Crippen molar-refractivity contribution < 1.29 is 26.4 Å². The maximum absolute atomic E-state index is 13.1. The second-order valence-electron chi connectivity index (χ2n) is 7.43. The smallest absolute Gasteiger partial charge is 0.335 e. The second kappa shape index (κ2) is 8.05. The lowest BCUT2D eigenvalue weighted by molar-refractivity contribution is -0.137. The number of hydrogen-bond acceptors (Lipinski definition) is 4. The second-order valence-corrected chi connectivity index (χ2v) is 9.78. The van der Waals surface area contributed by atoms with Gasteiger partial charge < -0.3 is 9.30 Å². The van der Waals surface area contributed by atoms with Crippen LogP contribution in [0.5, 0.6) is 0 Å². The number of benzene rings is 1. The number of rotatable bonds is 3. The molecule has 0 aliphatic carbocycles. The van der Waals surface area contributed by atoms with Crippen LogP contribution in [-0.2, 0) is 16.2 Å². The van der Waals surface area contributed by atoms with Gasteiger partial charge in [-0.2, -0.15) is 17.5 Å². The van der Waals surface area contributed by atoms with E-state index in [1.54, 1.807) is 16.8 Å². The maximum Gasteiger partial charge on any atom is 0.417 e. The van der Waals surface area contributed by atoms with Gasteiger partial charge in [-0.1, -0.05) is 11.6 Å². The monoisotopic (exact) mass is 486 g/mol. The van der Waals surface area contributed by atoms with E-state index < -0.39 is 31.7 Å². The molecule has 0 radical (unpaired) electrons. The molecule has 0 spiro atoms. The van der Waals surface area contributed by atoms with Crippen LogP contribution < -0.4 is 0 Å². The molecule has 7 nitrogen and oxygen atoms in total. The molecular weight excluding hydrogens is 469 g/mol. The van der Waals surface area contributed by atoms with Crippen molar-refractivity contribution in [3.63, 3.8) is 0 Å². The zero-order valence-corrected chi connectivity index (χ0v) is 18.4. The highest BCUT2D eigenvalue weighted by atomic mass is 35.5. The molecule has 3 heterocycles. The van der Waals surface area contributed by atoms with Crippen LogP contribution in [0, 0.1) is 6.92 Å². The van der Waals surface area contributed by atoms with Gasteiger partial charge in [-0.25, -0.2) is 13.4 Å². The Morgan fingerprint density at radius 3 is 2.44 bits per heavy atom. The third-order valence-electron chi connectivity index (χ3n) is 5.24. The zero-order chi connectivity index (χ0) is 23.3. The first-order valence-corrected chi connectivity index (χ1v) is 11.4. The van der Waals surface area contributed by atoms with Crippen molar-refractivity contribution in [2.24, 2.45) is 0 Å². The summed E-state index contributed by atoms with van der Waals surface area (Å²) in [5.41, 5.74) is 0.644. The van der Waals surface area contributed by atoms with Crippen molar-refractivity contribution in [2.45, 2.75) is 18.0 Å². The lowest BCUT2D eigenvalue weighted by atomic mass is 10.2. The van der Waals surface area contributed by atoms with E-state index in [2.05, 4.69) is 4.98 Å². The number of aryl methyl sites for hydroxylation is 1. The molecule has 32 heavy (non-hydrogen) atoms. The SMILES string of the molecule is Cc1ccn2cc(C(=O)N3CCN(S(=O)(=O)c4ccc(Cl)c(C(F)(F)F)c4)CC3)nc2c1. The minimum Gasteiger partial charge on any atom is -0.335 e. The summed E-state index contributed by atoms with van der Waals surface area (Å²) >= 11 is 5.59. The molecule has 12 heteroatoms. The Morgan fingerprint density at radius 1 is 1.09 bits per heavy atom. The predicted molar refractivity (Wildman–Crippen MR) is 111 cm³/mol. The summed E-state index contributed by atoms with van der Waals surface area (Å²) in [6.45, 7) is 1.98. The standard InChI is InChI=1S/C20H18ClF3N4O3S/c1-13-4-5-27-12-17(25-18(27)10-13)19(29)26-6-8-28(9-7-26)32(30,31)14-2-3-16(21)15(11-14)20(22,23)24/h2-5,10-12H,6-9H2,1H3. The van der Waals surface area contributed by atoms with E-state index in [1.807, 2.05) is 19.1 Å². The molecule has 0 bridgehead atoms. The summed E-state index contributed by atoms with van der Waals surface area (Å²) in [5.74, 6) is -0.339. The predicted octanol–water partition coefficient (Wildman–Crippen LogP) is 3.46. The highest BCUT2D eigenvalue weighted by Gasteiger charge is 2.36. The molecule has 2 aromatic heterocycles. The molecule has 1 aliphatic rings. The average Bonchev–Trinajstić information content (AvgIpc) is 3.15. The zero-order valence-electron chi connectivity index (χ0n) is 16.8. The largest absolute Gasteiger partial charge is 0.417 e. The van der Waals surface area contributed by atoms with E-state index in [1.165, 1.54) is 4.90 Å². The molecular formula is C20H18ClF3N4O3S. The number of sulfonamides is 1. The van der Waals surface area contributed by atoms with Crippen molar-refractivity contribution in [2.75, 3.05) is 26.2 Å². The van der Waals surface area contributed by atoms with Crippen molar-refractivity contribution in [3.8, 4) is 0 Å². The minimum atomic E-state index is -4.78. The molecule has 3 aromatic rings. The number of carbonyl (C=O) groups excluding carboxylic acids is 1. The van der Waals surface area contributed by atoms with Gasteiger partial charge in [-0.05, 0) is 42.8 Å². The van der Waals surface area contributed by atoms with Crippen LogP contribution in [0.1, 0.15) is 21.6 Å². The van der Waals surface area contributed by atoms with Gasteiger partial charge in [0.2, 0.25) is 10.0 Å². The Bertz CT molecular complexity index is 1300. The van der Waals surface area contributed by atoms with E-state index in [0.717, 1.165) is 22.0 Å². The number of aromatic nitrogens is 2. The van der Waals surface area contributed by atoms with Crippen LogP contribution in [0.4, 0.5) is 13.2 Å². The highest BCUT2D eigenvalue weighted by molar-refractivity contribution is 7.89. The fraction of sp³-hybridized carbons (Fsp3) is 0.300. The summed E-state index contributed by atoms with van der Waals surface area (Å²) in [7, 11) is -4.18. The number of piperazine rings is 1. The topological polar surface area (TPSA) is 75.0 Å². The number of imidazole rings is 1. The molecule has 1 saturated heterocycles. The third-order valence-corrected chi connectivity index (χ3v) is 7.47. The van der Waals surface area contributed by atoms with E-state index in [4.69, 9.17) is 11.6 Å². The number of hydrogen-bond donors (Lipinski definition) is 0. The van der Waals surface area contributed by atoms with Crippen LogP contribution in [0.3, 0.4) is 0 Å². The lowest BCUT2D eigenvalue weighted by Crippen LogP contribution is -2.50. The number of pyridine rings is 1. The number of nitrogens with zero attached hydrogens (tertiary/aromatic N) is 4. The van der Waals surface area contributed by atoms with Gasteiger partial charge in [0.05, 0.1) is 15.5 Å². The van der Waals surface area contributed by atoms with Crippen molar-refractivity contribution in [1.82, 2.24) is 18.6 Å². The fourth-order valence-corrected chi connectivity index (χ4v) is 5.19. The minimum absolute atomic E-state index is 0.0511. The Labute approximate surface area is 187 Å². The normalized spacial score (nSPS) is 16.0. The molecule has 0 atom stereocenters. The first kappa shape index (κ1) is 22.6. The molecule has 0 N–H and O–H groups in total. The molecule has 170 valence electrons. The number of alkyl halides is 3. The van der Waals surface area contributed by atoms with E-state index in [9.17, 15) is 26.4 Å². The van der Waals surface area contributed by atoms with Gasteiger partial charge in [0.1, 0.15) is 11.3 Å². The van der Waals surface area contributed by atoms with Crippen LogP contribution in [-0.4, -0.2) is 59.1 Å². The van der Waals surface area contributed by atoms with Crippen molar-refractivity contribution >= 4 is 33.2 Å². The molecule has 1 aliphatic heterocycles. The van der Waals surface area contributed by atoms with Gasteiger partial charge in [0.15, 0.2) is 0 Å². The lowest BCUT2D eigenvalue weighted by Gasteiger charge is -2.33. The Balaban J connectivity index is 1.49. The van der Waals surface area contributed by atoms with E-state index in [-0.39, 0.29) is 37.8 Å². The fourth-order valence-electron chi connectivity index (χ4n) is 3.51. The van der Waals surface area contributed by atoms with Gasteiger partial charge in [0, 0.05) is 38.6 Å². The Hall–Kier alpha value is -2.63. The van der Waals surface area contributed by atoms with Crippen molar-refractivity contribution in [3.05, 3.63) is 64.6 Å². The quantitative estimate of drug-likeness (QED) is 0.568. The number of fused-ring (bicyclic) bond motifs is 1. The summed E-state index contributed by atoms with van der Waals surface area (Å²) in [5, 5.41) is -0.575. The van der Waals surface area contributed by atoms with Gasteiger partial charge in [-0.3, -0.25) is 4.79 Å².